The van der Waals surface area contributed by atoms with E-state index in [1.165, 1.54) is 28.6 Å². The summed E-state index contributed by atoms with van der Waals surface area (Å²) in [5.41, 5.74) is 0.108. The maximum atomic E-state index is 12.5. The van der Waals surface area contributed by atoms with Crippen LogP contribution in [0.2, 0.25) is 0 Å². The normalized spacial score (nSPS) is 16.4. The van der Waals surface area contributed by atoms with Gasteiger partial charge in [-0.15, -0.1) is 0 Å². The predicted octanol–water partition coefficient (Wildman–Crippen LogP) is 1.54. The van der Waals surface area contributed by atoms with E-state index in [0.717, 1.165) is 19.3 Å². The minimum absolute atomic E-state index is 0.000124. The summed E-state index contributed by atoms with van der Waals surface area (Å²) in [4.78, 5) is 23.8. The maximum absolute atomic E-state index is 12.5. The summed E-state index contributed by atoms with van der Waals surface area (Å²) in [6, 6.07) is 5.72. The summed E-state index contributed by atoms with van der Waals surface area (Å²) in [6.07, 6.45) is 2.45. The lowest BCUT2D eigenvalue weighted by molar-refractivity contribution is -0.124. The number of hydrogen-bond acceptors (Lipinski definition) is 5. The summed E-state index contributed by atoms with van der Waals surface area (Å²) in [7, 11) is -3.60. The van der Waals surface area contributed by atoms with E-state index in [1.54, 1.807) is 0 Å². The first-order valence-electron chi connectivity index (χ1n) is 8.41. The molecule has 1 aromatic rings. The molecule has 1 saturated heterocycles. The lowest BCUT2D eigenvalue weighted by Gasteiger charge is -2.16. The quantitative estimate of drug-likeness (QED) is 0.737. The van der Waals surface area contributed by atoms with Crippen molar-refractivity contribution >= 4 is 21.9 Å². The second kappa shape index (κ2) is 8.44. The molecule has 8 heteroatoms. The lowest BCUT2D eigenvalue weighted by atomic mass is 10.2. The predicted molar refractivity (Wildman–Crippen MR) is 92.6 cm³/mol. The van der Waals surface area contributed by atoms with E-state index >= 15 is 0 Å². The highest BCUT2D eigenvalue weighted by Crippen LogP contribution is 2.21. The van der Waals surface area contributed by atoms with Gasteiger partial charge >= 0.3 is 5.97 Å². The lowest BCUT2D eigenvalue weighted by Crippen LogP contribution is -2.35. The van der Waals surface area contributed by atoms with Crippen LogP contribution in [-0.2, 0) is 19.6 Å². The molecular weight excluding hydrogens is 344 g/mol. The zero-order valence-corrected chi connectivity index (χ0v) is 15.3. The van der Waals surface area contributed by atoms with Crippen molar-refractivity contribution in [2.75, 3.05) is 19.7 Å². The Bertz CT molecular complexity index is 726. The zero-order chi connectivity index (χ0) is 18.4. The van der Waals surface area contributed by atoms with E-state index in [9.17, 15) is 18.0 Å². The van der Waals surface area contributed by atoms with E-state index in [0.29, 0.717) is 13.1 Å². The van der Waals surface area contributed by atoms with Gasteiger partial charge in [-0.1, -0.05) is 13.0 Å². The van der Waals surface area contributed by atoms with Gasteiger partial charge in [0.2, 0.25) is 10.0 Å². The highest BCUT2D eigenvalue weighted by Gasteiger charge is 2.27. The van der Waals surface area contributed by atoms with Crippen LogP contribution >= 0.6 is 0 Å². The third-order valence-electron chi connectivity index (χ3n) is 4.13. The summed E-state index contributed by atoms with van der Waals surface area (Å²) >= 11 is 0. The molecule has 2 rings (SSSR count). The first-order valence-corrected chi connectivity index (χ1v) is 9.85. The molecular formula is C17H24N2O5S. The SMILES string of the molecule is CC[C@@H](C)NC(=O)COC(=O)c1cccc(S(=O)(=O)N2CCCC2)c1. The monoisotopic (exact) mass is 368 g/mol. The summed E-state index contributed by atoms with van der Waals surface area (Å²) < 4.78 is 31.5. The van der Waals surface area contributed by atoms with Crippen molar-refractivity contribution in [1.29, 1.82) is 0 Å². The molecule has 0 unspecified atom stereocenters. The smallest absolute Gasteiger partial charge is 0.338 e. The number of rotatable bonds is 7. The maximum Gasteiger partial charge on any atom is 0.338 e. The highest BCUT2D eigenvalue weighted by atomic mass is 32.2. The number of benzene rings is 1. The molecule has 138 valence electrons. The molecule has 0 saturated carbocycles. The largest absolute Gasteiger partial charge is 0.452 e. The standard InChI is InChI=1S/C17H24N2O5S/c1-3-13(2)18-16(20)12-24-17(21)14-7-6-8-15(11-14)25(22,23)19-9-4-5-10-19/h6-8,11,13H,3-5,9-10,12H2,1-2H3,(H,18,20)/t13-/m1/s1. The van der Waals surface area contributed by atoms with Crippen LogP contribution in [0.3, 0.4) is 0 Å². The number of ether oxygens (including phenoxy) is 1. The first-order chi connectivity index (χ1) is 11.8. The van der Waals surface area contributed by atoms with Gasteiger partial charge < -0.3 is 10.1 Å². The van der Waals surface area contributed by atoms with Gasteiger partial charge in [0.15, 0.2) is 6.61 Å². The topological polar surface area (TPSA) is 92.8 Å². The zero-order valence-electron chi connectivity index (χ0n) is 14.5. The van der Waals surface area contributed by atoms with Crippen molar-refractivity contribution < 1.29 is 22.7 Å². The molecule has 1 amide bonds. The van der Waals surface area contributed by atoms with Crippen molar-refractivity contribution in [3.8, 4) is 0 Å². The molecule has 1 aliphatic heterocycles. The molecule has 0 spiro atoms. The van der Waals surface area contributed by atoms with E-state index in [-0.39, 0.29) is 22.4 Å². The number of sulfonamides is 1. The fraction of sp³-hybridized carbons (Fsp3) is 0.529. The Morgan fingerprint density at radius 1 is 1.28 bits per heavy atom. The van der Waals surface area contributed by atoms with E-state index in [4.69, 9.17) is 4.74 Å². The Morgan fingerprint density at radius 2 is 1.96 bits per heavy atom. The van der Waals surface area contributed by atoms with Crippen molar-refractivity contribution in [2.24, 2.45) is 0 Å². The third-order valence-corrected chi connectivity index (χ3v) is 6.02. The molecule has 25 heavy (non-hydrogen) atoms. The number of nitrogens with zero attached hydrogens (tertiary/aromatic N) is 1. The van der Waals surface area contributed by atoms with Crippen molar-refractivity contribution in [2.45, 2.75) is 44.0 Å². The van der Waals surface area contributed by atoms with Gasteiger partial charge in [0.05, 0.1) is 10.5 Å². The van der Waals surface area contributed by atoms with Crippen LogP contribution in [0.25, 0.3) is 0 Å². The van der Waals surface area contributed by atoms with Crippen LogP contribution in [0.1, 0.15) is 43.5 Å². The van der Waals surface area contributed by atoms with Crippen molar-refractivity contribution in [1.82, 2.24) is 9.62 Å². The molecule has 7 nitrogen and oxygen atoms in total. The van der Waals surface area contributed by atoms with Gasteiger partial charge in [-0.25, -0.2) is 13.2 Å². The van der Waals surface area contributed by atoms with Crippen LogP contribution in [0.4, 0.5) is 0 Å². The average Bonchev–Trinajstić information content (AvgIpc) is 3.15. The Labute approximate surface area is 148 Å². The number of carbonyl (C=O) groups excluding carboxylic acids is 2. The molecule has 0 aliphatic carbocycles. The van der Waals surface area contributed by atoms with E-state index in [2.05, 4.69) is 5.32 Å². The molecule has 1 aromatic carbocycles. The molecule has 0 aromatic heterocycles. The number of amides is 1. The molecule has 1 atom stereocenters. The minimum Gasteiger partial charge on any atom is -0.452 e. The second-order valence-electron chi connectivity index (χ2n) is 6.09. The molecule has 0 bridgehead atoms. The van der Waals surface area contributed by atoms with Gasteiger partial charge in [-0.2, -0.15) is 4.31 Å². The van der Waals surface area contributed by atoms with Gasteiger partial charge in [0.25, 0.3) is 5.91 Å². The highest BCUT2D eigenvalue weighted by molar-refractivity contribution is 7.89. The van der Waals surface area contributed by atoms with Gasteiger partial charge in [-0.05, 0) is 44.4 Å². The van der Waals surface area contributed by atoms with Crippen molar-refractivity contribution in [3.63, 3.8) is 0 Å². The number of hydrogen-bond donors (Lipinski definition) is 1. The fourth-order valence-electron chi connectivity index (χ4n) is 2.49. The molecule has 1 aliphatic rings. The molecule has 1 N–H and O–H groups in total. The van der Waals surface area contributed by atoms with Crippen LogP contribution < -0.4 is 5.32 Å². The van der Waals surface area contributed by atoms with Crippen LogP contribution in [0, 0.1) is 0 Å². The van der Waals surface area contributed by atoms with E-state index < -0.39 is 22.6 Å². The second-order valence-corrected chi connectivity index (χ2v) is 8.03. The summed E-state index contributed by atoms with van der Waals surface area (Å²) in [5.74, 6) is -1.11. The summed E-state index contributed by atoms with van der Waals surface area (Å²) in [6.45, 7) is 4.38. The molecule has 1 fully saturated rings. The van der Waals surface area contributed by atoms with Crippen molar-refractivity contribution in [3.05, 3.63) is 29.8 Å². The Kier molecular flexibility index (Phi) is 6.55. The van der Waals surface area contributed by atoms with Crippen LogP contribution in [0.5, 0.6) is 0 Å². The summed E-state index contributed by atoms with van der Waals surface area (Å²) in [5, 5.41) is 2.69. The van der Waals surface area contributed by atoms with Gasteiger partial charge in [-0.3, -0.25) is 4.79 Å². The van der Waals surface area contributed by atoms with E-state index in [1.807, 2.05) is 13.8 Å². The minimum atomic E-state index is -3.60. The Hall–Kier alpha value is -1.93. The fourth-order valence-corrected chi connectivity index (χ4v) is 4.06. The molecule has 0 radical (unpaired) electrons. The molecule has 1 heterocycles. The van der Waals surface area contributed by atoms with Gasteiger partial charge in [0, 0.05) is 19.1 Å². The Morgan fingerprint density at radius 3 is 2.60 bits per heavy atom. The number of esters is 1. The Balaban J connectivity index is 2.03. The van der Waals surface area contributed by atoms with Crippen LogP contribution in [-0.4, -0.2) is 50.3 Å². The number of nitrogens with one attached hydrogen (secondary N) is 1. The van der Waals surface area contributed by atoms with Gasteiger partial charge in [0.1, 0.15) is 0 Å². The average molecular weight is 368 g/mol. The van der Waals surface area contributed by atoms with Crippen LogP contribution in [0.15, 0.2) is 29.2 Å². The number of carbonyl (C=O) groups is 2. The first kappa shape index (κ1) is 19.4. The third kappa shape index (κ3) is 5.02.